The third-order valence-corrected chi connectivity index (χ3v) is 3.09. The van der Waals surface area contributed by atoms with Gasteiger partial charge >= 0.3 is 0 Å². The van der Waals surface area contributed by atoms with Gasteiger partial charge in [-0.05, 0) is 35.7 Å². The molecule has 3 rings (SSSR count). The summed E-state index contributed by atoms with van der Waals surface area (Å²) in [5.41, 5.74) is 4.98. The summed E-state index contributed by atoms with van der Waals surface area (Å²) in [6.07, 6.45) is 2.95. The Morgan fingerprint density at radius 3 is 2.82 bits per heavy atom. The molecule has 17 heavy (non-hydrogen) atoms. The van der Waals surface area contributed by atoms with Crippen molar-refractivity contribution in [2.24, 2.45) is 0 Å². The fourth-order valence-electron chi connectivity index (χ4n) is 2.16. The summed E-state index contributed by atoms with van der Waals surface area (Å²) < 4.78 is 5.06. The highest BCUT2D eigenvalue weighted by Crippen LogP contribution is 2.28. The molecule has 0 amide bonds. The van der Waals surface area contributed by atoms with E-state index in [0.717, 1.165) is 18.5 Å². The average Bonchev–Trinajstić information content (AvgIpc) is 2.86. The molecule has 1 aromatic carbocycles. The Bertz CT molecular complexity index is 534. The van der Waals surface area contributed by atoms with Gasteiger partial charge in [0.2, 0.25) is 5.88 Å². The van der Waals surface area contributed by atoms with Crippen LogP contribution in [0.3, 0.4) is 0 Å². The van der Waals surface area contributed by atoms with E-state index in [2.05, 4.69) is 28.5 Å². The van der Waals surface area contributed by atoms with E-state index >= 15 is 0 Å². The van der Waals surface area contributed by atoms with E-state index in [4.69, 9.17) is 4.74 Å². The maximum Gasteiger partial charge on any atom is 0.212 e. The van der Waals surface area contributed by atoms with Gasteiger partial charge in [0.05, 0.1) is 7.11 Å². The summed E-state index contributed by atoms with van der Waals surface area (Å²) in [7, 11) is 1.63. The number of ether oxygens (including phenoxy) is 1. The third kappa shape index (κ3) is 1.84. The van der Waals surface area contributed by atoms with Gasteiger partial charge in [0.1, 0.15) is 0 Å². The molecule has 2 aromatic rings. The molecule has 3 heteroatoms. The fourth-order valence-corrected chi connectivity index (χ4v) is 2.16. The number of anilines is 1. The lowest BCUT2D eigenvalue weighted by Gasteiger charge is -2.05. The molecule has 1 aliphatic rings. The van der Waals surface area contributed by atoms with Gasteiger partial charge < -0.3 is 10.1 Å². The van der Waals surface area contributed by atoms with Crippen LogP contribution in [0.15, 0.2) is 36.5 Å². The van der Waals surface area contributed by atoms with E-state index in [0.29, 0.717) is 5.88 Å². The molecule has 0 aliphatic carbocycles. The molecule has 0 saturated heterocycles. The summed E-state index contributed by atoms with van der Waals surface area (Å²) in [4.78, 5) is 4.23. The van der Waals surface area contributed by atoms with Crippen LogP contribution in [0.25, 0.3) is 11.1 Å². The highest BCUT2D eigenvalue weighted by molar-refractivity contribution is 5.69. The number of hydrogen-bond acceptors (Lipinski definition) is 3. The monoisotopic (exact) mass is 226 g/mol. The lowest BCUT2D eigenvalue weighted by Crippen LogP contribution is -1.90. The normalized spacial score (nSPS) is 13.0. The van der Waals surface area contributed by atoms with Crippen LogP contribution in [-0.4, -0.2) is 18.6 Å². The molecule has 0 radical (unpaired) electrons. The smallest absolute Gasteiger partial charge is 0.212 e. The minimum Gasteiger partial charge on any atom is -0.481 e. The molecule has 0 bridgehead atoms. The van der Waals surface area contributed by atoms with Crippen molar-refractivity contribution in [1.29, 1.82) is 0 Å². The Labute approximate surface area is 100 Å². The van der Waals surface area contributed by atoms with E-state index in [1.54, 1.807) is 7.11 Å². The molecule has 0 spiro atoms. The van der Waals surface area contributed by atoms with E-state index in [-0.39, 0.29) is 0 Å². The summed E-state index contributed by atoms with van der Waals surface area (Å²) >= 11 is 0. The van der Waals surface area contributed by atoms with Gasteiger partial charge in [0, 0.05) is 30.1 Å². The van der Waals surface area contributed by atoms with E-state index in [9.17, 15) is 0 Å². The second-order valence-corrected chi connectivity index (χ2v) is 4.14. The second kappa shape index (κ2) is 4.09. The molecule has 0 saturated carbocycles. The van der Waals surface area contributed by atoms with Gasteiger partial charge in [0.15, 0.2) is 0 Å². The quantitative estimate of drug-likeness (QED) is 0.855. The molecule has 0 unspecified atom stereocenters. The van der Waals surface area contributed by atoms with Crippen molar-refractivity contribution in [3.63, 3.8) is 0 Å². The van der Waals surface area contributed by atoms with Gasteiger partial charge in [-0.15, -0.1) is 0 Å². The number of rotatable bonds is 2. The maximum absolute atomic E-state index is 5.06. The Kier molecular flexibility index (Phi) is 2.44. The van der Waals surface area contributed by atoms with Crippen LogP contribution in [-0.2, 0) is 6.42 Å². The lowest BCUT2D eigenvalue weighted by atomic mass is 10.0. The van der Waals surface area contributed by atoms with Crippen LogP contribution in [0.2, 0.25) is 0 Å². The highest BCUT2D eigenvalue weighted by atomic mass is 16.5. The van der Waals surface area contributed by atoms with Crippen LogP contribution < -0.4 is 10.1 Å². The molecule has 3 nitrogen and oxygen atoms in total. The van der Waals surface area contributed by atoms with Crippen molar-refractivity contribution in [3.8, 4) is 17.0 Å². The van der Waals surface area contributed by atoms with Gasteiger partial charge in [-0.25, -0.2) is 4.98 Å². The SMILES string of the molecule is COc1ccc(-c2ccc3c(c2)CCN3)cn1. The topological polar surface area (TPSA) is 34.1 Å². The summed E-state index contributed by atoms with van der Waals surface area (Å²) in [5.74, 6) is 0.650. The summed E-state index contributed by atoms with van der Waals surface area (Å²) in [6, 6.07) is 10.4. The van der Waals surface area contributed by atoms with Gasteiger partial charge in [-0.3, -0.25) is 0 Å². The van der Waals surface area contributed by atoms with Crippen molar-refractivity contribution >= 4 is 5.69 Å². The number of methoxy groups -OCH3 is 1. The Morgan fingerprint density at radius 2 is 2.06 bits per heavy atom. The van der Waals surface area contributed by atoms with Crippen LogP contribution in [0.1, 0.15) is 5.56 Å². The van der Waals surface area contributed by atoms with Crippen molar-refractivity contribution in [1.82, 2.24) is 4.98 Å². The first-order valence-corrected chi connectivity index (χ1v) is 5.74. The van der Waals surface area contributed by atoms with Crippen molar-refractivity contribution in [2.45, 2.75) is 6.42 Å². The molecule has 0 atom stereocenters. The number of nitrogens with one attached hydrogen (secondary N) is 1. The predicted molar refractivity (Wildman–Crippen MR) is 68.4 cm³/mol. The molecule has 1 aliphatic heterocycles. The maximum atomic E-state index is 5.06. The van der Waals surface area contributed by atoms with Gasteiger partial charge in [0.25, 0.3) is 0 Å². The van der Waals surface area contributed by atoms with E-state index in [1.807, 2.05) is 18.3 Å². The minimum absolute atomic E-state index is 0.650. The third-order valence-electron chi connectivity index (χ3n) is 3.09. The molecule has 86 valence electrons. The first-order valence-electron chi connectivity index (χ1n) is 5.74. The van der Waals surface area contributed by atoms with Gasteiger partial charge in [-0.2, -0.15) is 0 Å². The van der Waals surface area contributed by atoms with Crippen LogP contribution in [0.4, 0.5) is 5.69 Å². The second-order valence-electron chi connectivity index (χ2n) is 4.14. The largest absolute Gasteiger partial charge is 0.481 e. The van der Waals surface area contributed by atoms with Crippen LogP contribution in [0.5, 0.6) is 5.88 Å². The first-order chi connectivity index (χ1) is 8.36. The van der Waals surface area contributed by atoms with E-state index in [1.165, 1.54) is 16.8 Å². The highest BCUT2D eigenvalue weighted by Gasteiger charge is 2.10. The predicted octanol–water partition coefficient (Wildman–Crippen LogP) is 2.73. The van der Waals surface area contributed by atoms with Crippen molar-refractivity contribution in [2.75, 3.05) is 19.0 Å². The van der Waals surface area contributed by atoms with Crippen molar-refractivity contribution in [3.05, 3.63) is 42.1 Å². The van der Waals surface area contributed by atoms with Gasteiger partial charge in [-0.1, -0.05) is 6.07 Å². The average molecular weight is 226 g/mol. The number of hydrogen-bond donors (Lipinski definition) is 1. The summed E-state index contributed by atoms with van der Waals surface area (Å²) in [5, 5.41) is 3.36. The number of nitrogens with zero attached hydrogens (tertiary/aromatic N) is 1. The number of benzene rings is 1. The zero-order valence-corrected chi connectivity index (χ0v) is 9.73. The number of fused-ring (bicyclic) bond motifs is 1. The summed E-state index contributed by atoms with van der Waals surface area (Å²) in [6.45, 7) is 1.04. The zero-order chi connectivity index (χ0) is 11.7. The number of aromatic nitrogens is 1. The molecule has 1 N–H and O–H groups in total. The molecule has 0 fully saturated rings. The fraction of sp³-hybridized carbons (Fsp3) is 0.214. The molecular weight excluding hydrogens is 212 g/mol. The van der Waals surface area contributed by atoms with E-state index < -0.39 is 0 Å². The van der Waals surface area contributed by atoms with Crippen LogP contribution in [0, 0.1) is 0 Å². The first kappa shape index (κ1) is 10.1. The molecule has 2 heterocycles. The van der Waals surface area contributed by atoms with Crippen LogP contribution >= 0.6 is 0 Å². The minimum atomic E-state index is 0.650. The Morgan fingerprint density at radius 1 is 1.18 bits per heavy atom. The Hall–Kier alpha value is -2.03. The number of pyridine rings is 1. The zero-order valence-electron chi connectivity index (χ0n) is 9.73. The molecular formula is C14H14N2O. The van der Waals surface area contributed by atoms with Crippen molar-refractivity contribution < 1.29 is 4.74 Å². The Balaban J connectivity index is 1.97. The molecule has 1 aromatic heterocycles. The standard InChI is InChI=1S/C14H14N2O/c1-17-14-5-3-12(9-16-14)10-2-4-13-11(8-10)6-7-15-13/h2-5,8-9,15H,6-7H2,1H3. The lowest BCUT2D eigenvalue weighted by molar-refractivity contribution is 0.398.